The SMILES string of the molecule is COc1cc(/C=N\NC(=O)C(=O)NCc2ccco2)cc(Cl)c1OCC(=O)Nc1ccccc1Cl. The van der Waals surface area contributed by atoms with Gasteiger partial charge < -0.3 is 24.5 Å². The molecule has 0 aliphatic carbocycles. The van der Waals surface area contributed by atoms with Gasteiger partial charge in [-0.2, -0.15) is 5.10 Å². The number of anilines is 1. The molecule has 0 saturated carbocycles. The second-order valence-electron chi connectivity index (χ2n) is 6.81. The molecule has 0 aliphatic rings. The van der Waals surface area contributed by atoms with Crippen LogP contribution in [-0.2, 0) is 20.9 Å². The molecule has 182 valence electrons. The maximum absolute atomic E-state index is 12.2. The average molecular weight is 519 g/mol. The van der Waals surface area contributed by atoms with Gasteiger partial charge in [-0.05, 0) is 42.0 Å². The van der Waals surface area contributed by atoms with Crippen molar-refractivity contribution in [1.29, 1.82) is 0 Å². The van der Waals surface area contributed by atoms with E-state index >= 15 is 0 Å². The predicted molar refractivity (Wildman–Crippen MR) is 130 cm³/mol. The zero-order valence-corrected chi connectivity index (χ0v) is 19.9. The van der Waals surface area contributed by atoms with Crippen LogP contribution in [0, 0.1) is 0 Å². The first-order valence-corrected chi connectivity index (χ1v) is 10.8. The molecular weight excluding hydrogens is 499 g/mol. The summed E-state index contributed by atoms with van der Waals surface area (Å²) < 4.78 is 15.9. The molecule has 1 heterocycles. The maximum atomic E-state index is 12.2. The molecule has 2 aromatic carbocycles. The molecule has 12 heteroatoms. The molecule has 0 bridgehead atoms. The maximum Gasteiger partial charge on any atom is 0.329 e. The van der Waals surface area contributed by atoms with Crippen molar-refractivity contribution in [3.8, 4) is 11.5 Å². The van der Waals surface area contributed by atoms with Crippen LogP contribution < -0.4 is 25.5 Å². The highest BCUT2D eigenvalue weighted by Gasteiger charge is 2.15. The minimum absolute atomic E-state index is 0.0631. The van der Waals surface area contributed by atoms with Crippen LogP contribution in [0.5, 0.6) is 11.5 Å². The Bertz CT molecular complexity index is 1230. The Labute approximate surface area is 210 Å². The second kappa shape index (κ2) is 12.4. The number of furan rings is 1. The lowest BCUT2D eigenvalue weighted by atomic mass is 10.2. The highest BCUT2D eigenvalue weighted by atomic mass is 35.5. The number of amides is 3. The third kappa shape index (κ3) is 7.49. The summed E-state index contributed by atoms with van der Waals surface area (Å²) in [5.41, 5.74) is 3.00. The number of carbonyl (C=O) groups excluding carboxylic acids is 3. The van der Waals surface area contributed by atoms with Crippen molar-refractivity contribution < 1.29 is 28.3 Å². The molecule has 0 radical (unpaired) electrons. The first kappa shape index (κ1) is 25.6. The van der Waals surface area contributed by atoms with Crippen LogP contribution >= 0.6 is 23.2 Å². The first-order valence-electron chi connectivity index (χ1n) is 10.1. The summed E-state index contributed by atoms with van der Waals surface area (Å²) in [6.45, 7) is -0.286. The van der Waals surface area contributed by atoms with E-state index in [9.17, 15) is 14.4 Å². The largest absolute Gasteiger partial charge is 0.493 e. The molecule has 0 atom stereocenters. The molecule has 0 aliphatic heterocycles. The summed E-state index contributed by atoms with van der Waals surface area (Å²) in [5.74, 6) is -1.42. The Morgan fingerprint density at radius 2 is 1.86 bits per heavy atom. The number of hydrazone groups is 1. The van der Waals surface area contributed by atoms with Crippen molar-refractivity contribution in [3.05, 3.63) is 76.2 Å². The Kier molecular flexibility index (Phi) is 9.10. The van der Waals surface area contributed by atoms with Gasteiger partial charge in [0.05, 0.1) is 41.9 Å². The zero-order chi connectivity index (χ0) is 25.2. The Hall–Kier alpha value is -4.02. The van der Waals surface area contributed by atoms with Crippen molar-refractivity contribution in [3.63, 3.8) is 0 Å². The number of benzene rings is 2. The Morgan fingerprint density at radius 3 is 2.57 bits per heavy atom. The normalized spacial score (nSPS) is 10.6. The Morgan fingerprint density at radius 1 is 1.06 bits per heavy atom. The molecule has 10 nitrogen and oxygen atoms in total. The van der Waals surface area contributed by atoms with E-state index in [2.05, 4.69) is 21.2 Å². The van der Waals surface area contributed by atoms with Crippen LogP contribution in [0.3, 0.4) is 0 Å². The molecule has 0 spiro atoms. The summed E-state index contributed by atoms with van der Waals surface area (Å²) in [7, 11) is 1.40. The van der Waals surface area contributed by atoms with Gasteiger partial charge in [0, 0.05) is 0 Å². The number of halogens is 2. The fourth-order valence-corrected chi connectivity index (χ4v) is 3.17. The number of nitrogens with one attached hydrogen (secondary N) is 3. The van der Waals surface area contributed by atoms with Gasteiger partial charge in [0.15, 0.2) is 18.1 Å². The molecule has 1 aromatic heterocycles. The topological polar surface area (TPSA) is 131 Å². The van der Waals surface area contributed by atoms with Gasteiger partial charge in [-0.25, -0.2) is 5.43 Å². The molecule has 35 heavy (non-hydrogen) atoms. The summed E-state index contributed by atoms with van der Waals surface area (Å²) in [6, 6.07) is 13.1. The van der Waals surface area contributed by atoms with Gasteiger partial charge >= 0.3 is 11.8 Å². The Balaban J connectivity index is 1.55. The number of nitrogens with zero attached hydrogens (tertiary/aromatic N) is 1. The number of methoxy groups -OCH3 is 1. The van der Waals surface area contributed by atoms with Crippen LogP contribution in [0.4, 0.5) is 5.69 Å². The van der Waals surface area contributed by atoms with E-state index in [4.69, 9.17) is 37.1 Å². The van der Waals surface area contributed by atoms with Gasteiger partial charge in [0.1, 0.15) is 5.76 Å². The van der Waals surface area contributed by atoms with Crippen LogP contribution in [0.2, 0.25) is 10.0 Å². The van der Waals surface area contributed by atoms with E-state index in [1.54, 1.807) is 36.4 Å². The number of ether oxygens (including phenoxy) is 2. The lowest BCUT2D eigenvalue weighted by Gasteiger charge is -2.13. The molecule has 3 aromatic rings. The van der Waals surface area contributed by atoms with Gasteiger partial charge in [-0.3, -0.25) is 14.4 Å². The number of rotatable bonds is 9. The van der Waals surface area contributed by atoms with Crippen LogP contribution in [0.25, 0.3) is 0 Å². The molecular formula is C23H20Cl2N4O6. The molecule has 0 fully saturated rings. The van der Waals surface area contributed by atoms with Gasteiger partial charge in [0.2, 0.25) is 0 Å². The van der Waals surface area contributed by atoms with Crippen molar-refractivity contribution in [2.45, 2.75) is 6.54 Å². The molecule has 3 N–H and O–H groups in total. The average Bonchev–Trinajstić information content (AvgIpc) is 3.36. The third-order valence-corrected chi connectivity index (χ3v) is 4.95. The van der Waals surface area contributed by atoms with E-state index in [1.807, 2.05) is 0 Å². The van der Waals surface area contributed by atoms with Crippen molar-refractivity contribution in [1.82, 2.24) is 10.7 Å². The standard InChI is InChI=1S/C23H20Cl2N4O6/c1-33-19-10-14(11-27-29-23(32)22(31)26-12-15-5-4-8-34-15)9-17(25)21(19)35-13-20(30)28-18-7-3-2-6-16(18)24/h2-11H,12-13H2,1H3,(H,26,31)(H,28,30)(H,29,32)/b27-11-. The molecule has 3 rings (SSSR count). The lowest BCUT2D eigenvalue weighted by molar-refractivity contribution is -0.139. The quantitative estimate of drug-likeness (QED) is 0.226. The lowest BCUT2D eigenvalue weighted by Crippen LogP contribution is -2.37. The summed E-state index contributed by atoms with van der Waals surface area (Å²) in [4.78, 5) is 35.9. The number of carbonyl (C=O) groups is 3. The fraction of sp³-hybridized carbons (Fsp3) is 0.130. The third-order valence-electron chi connectivity index (χ3n) is 4.34. The first-order chi connectivity index (χ1) is 16.9. The monoisotopic (exact) mass is 518 g/mol. The van der Waals surface area contributed by atoms with E-state index in [0.29, 0.717) is 22.0 Å². The minimum atomic E-state index is -0.963. The van der Waals surface area contributed by atoms with Crippen molar-refractivity contribution in [2.75, 3.05) is 19.0 Å². The van der Waals surface area contributed by atoms with Crippen LogP contribution in [0.1, 0.15) is 11.3 Å². The number of hydrogen-bond acceptors (Lipinski definition) is 7. The number of hydrogen-bond donors (Lipinski definition) is 3. The molecule has 0 saturated heterocycles. The number of para-hydroxylation sites is 1. The molecule has 0 unspecified atom stereocenters. The van der Waals surface area contributed by atoms with Crippen LogP contribution in [-0.4, -0.2) is 37.7 Å². The highest BCUT2D eigenvalue weighted by Crippen LogP contribution is 2.36. The fourth-order valence-electron chi connectivity index (χ4n) is 2.72. The van der Waals surface area contributed by atoms with Crippen molar-refractivity contribution >= 4 is 52.8 Å². The summed E-state index contributed by atoms with van der Waals surface area (Å²) in [5, 5.41) is 9.30. The van der Waals surface area contributed by atoms with E-state index < -0.39 is 17.7 Å². The summed E-state index contributed by atoms with van der Waals surface area (Å²) >= 11 is 12.3. The van der Waals surface area contributed by atoms with Crippen LogP contribution in [0.15, 0.2) is 64.3 Å². The zero-order valence-electron chi connectivity index (χ0n) is 18.3. The van der Waals surface area contributed by atoms with E-state index in [-0.39, 0.29) is 29.7 Å². The van der Waals surface area contributed by atoms with E-state index in [0.717, 1.165) is 0 Å². The van der Waals surface area contributed by atoms with Gasteiger partial charge in [-0.1, -0.05) is 35.3 Å². The predicted octanol–water partition coefficient (Wildman–Crippen LogP) is 3.38. The smallest absolute Gasteiger partial charge is 0.329 e. The van der Waals surface area contributed by atoms with Gasteiger partial charge in [-0.15, -0.1) is 0 Å². The van der Waals surface area contributed by atoms with Gasteiger partial charge in [0.25, 0.3) is 5.91 Å². The highest BCUT2D eigenvalue weighted by molar-refractivity contribution is 6.35. The molecule has 3 amide bonds. The minimum Gasteiger partial charge on any atom is -0.493 e. The summed E-state index contributed by atoms with van der Waals surface area (Å²) in [6.07, 6.45) is 2.72. The second-order valence-corrected chi connectivity index (χ2v) is 7.63. The van der Waals surface area contributed by atoms with Crippen molar-refractivity contribution in [2.24, 2.45) is 5.10 Å². The van der Waals surface area contributed by atoms with E-state index in [1.165, 1.54) is 31.7 Å².